The van der Waals surface area contributed by atoms with Gasteiger partial charge in [-0.2, -0.15) is 5.10 Å². The molecule has 0 aliphatic carbocycles. The summed E-state index contributed by atoms with van der Waals surface area (Å²) in [7, 11) is 0. The molecule has 0 atom stereocenters. The van der Waals surface area contributed by atoms with E-state index in [0.29, 0.717) is 5.78 Å². The molecule has 0 bridgehead atoms. The quantitative estimate of drug-likeness (QED) is 0.536. The average molecular weight is 336 g/mol. The Hall–Kier alpha value is -2.67. The van der Waals surface area contributed by atoms with Crippen LogP contribution in [0, 0.1) is 13.8 Å². The Morgan fingerprint density at radius 1 is 1.08 bits per heavy atom. The van der Waals surface area contributed by atoms with E-state index in [1.807, 2.05) is 71.7 Å². The van der Waals surface area contributed by atoms with Gasteiger partial charge in [-0.3, -0.25) is 4.40 Å². The predicted octanol–water partition coefficient (Wildman–Crippen LogP) is 3.22. The minimum atomic E-state index is 0.648. The second-order valence-electron chi connectivity index (χ2n) is 5.57. The Balaban J connectivity index is 1.55. The van der Waals surface area contributed by atoms with Crippen molar-refractivity contribution in [2.24, 2.45) is 0 Å². The molecule has 6 nitrogen and oxygen atoms in total. The zero-order chi connectivity index (χ0) is 16.5. The van der Waals surface area contributed by atoms with E-state index in [4.69, 9.17) is 0 Å². The van der Waals surface area contributed by atoms with Crippen LogP contribution in [0.1, 0.15) is 17.0 Å². The van der Waals surface area contributed by atoms with Crippen LogP contribution < -0.4 is 0 Å². The smallest absolute Gasteiger partial charge is 0.256 e. The molecule has 0 radical (unpaired) electrons. The average Bonchev–Trinajstić information content (AvgIpc) is 3.20. The zero-order valence-electron chi connectivity index (χ0n) is 13.4. The van der Waals surface area contributed by atoms with Gasteiger partial charge in [-0.25, -0.2) is 9.67 Å². The molecule has 24 heavy (non-hydrogen) atoms. The van der Waals surface area contributed by atoms with E-state index in [-0.39, 0.29) is 0 Å². The largest absolute Gasteiger partial charge is 0.259 e. The summed E-state index contributed by atoms with van der Waals surface area (Å²) < 4.78 is 3.87. The SMILES string of the molecule is Cc1cc(C)n2c(SCc3cnn(-c4ccccc4)c3)nnc2n1. The summed E-state index contributed by atoms with van der Waals surface area (Å²) >= 11 is 1.63. The van der Waals surface area contributed by atoms with Gasteiger partial charge in [-0.1, -0.05) is 30.0 Å². The van der Waals surface area contributed by atoms with E-state index < -0.39 is 0 Å². The standard InChI is InChI=1S/C17H16N6S/c1-12-8-13(2)23-16(19-12)20-21-17(23)24-11-14-9-18-22(10-14)15-6-4-3-5-7-15/h3-10H,11H2,1-2H3. The molecular weight excluding hydrogens is 320 g/mol. The number of fused-ring (bicyclic) bond motifs is 1. The van der Waals surface area contributed by atoms with E-state index in [1.54, 1.807) is 11.8 Å². The van der Waals surface area contributed by atoms with Crippen molar-refractivity contribution in [3.8, 4) is 5.69 Å². The van der Waals surface area contributed by atoms with E-state index in [1.165, 1.54) is 0 Å². The van der Waals surface area contributed by atoms with Crippen LogP contribution in [0.3, 0.4) is 0 Å². The number of hydrogen-bond acceptors (Lipinski definition) is 5. The van der Waals surface area contributed by atoms with Crippen LogP contribution in [0.15, 0.2) is 53.9 Å². The highest BCUT2D eigenvalue weighted by Crippen LogP contribution is 2.23. The molecule has 120 valence electrons. The van der Waals surface area contributed by atoms with Crippen LogP contribution in [-0.2, 0) is 5.75 Å². The fourth-order valence-corrected chi connectivity index (χ4v) is 3.50. The summed E-state index contributed by atoms with van der Waals surface area (Å²) in [4.78, 5) is 4.42. The lowest BCUT2D eigenvalue weighted by atomic mass is 10.3. The second-order valence-corrected chi connectivity index (χ2v) is 6.52. The first-order chi connectivity index (χ1) is 11.7. The first-order valence-electron chi connectivity index (χ1n) is 7.62. The topological polar surface area (TPSA) is 60.9 Å². The molecule has 0 spiro atoms. The highest BCUT2D eigenvalue weighted by Gasteiger charge is 2.11. The van der Waals surface area contributed by atoms with Crippen molar-refractivity contribution in [3.63, 3.8) is 0 Å². The second kappa shape index (κ2) is 6.09. The minimum absolute atomic E-state index is 0.648. The fourth-order valence-electron chi connectivity index (χ4n) is 2.60. The van der Waals surface area contributed by atoms with Crippen molar-refractivity contribution < 1.29 is 0 Å². The van der Waals surface area contributed by atoms with Crippen LogP contribution in [-0.4, -0.2) is 29.4 Å². The third kappa shape index (κ3) is 2.78. The third-order valence-electron chi connectivity index (χ3n) is 3.69. The highest BCUT2D eigenvalue weighted by molar-refractivity contribution is 7.98. The van der Waals surface area contributed by atoms with Crippen molar-refractivity contribution in [1.82, 2.24) is 29.4 Å². The lowest BCUT2D eigenvalue weighted by molar-refractivity contribution is 0.880. The Morgan fingerprint density at radius 2 is 1.92 bits per heavy atom. The van der Waals surface area contributed by atoms with Crippen LogP contribution >= 0.6 is 11.8 Å². The van der Waals surface area contributed by atoms with Crippen molar-refractivity contribution in [2.75, 3.05) is 0 Å². The summed E-state index contributed by atoms with van der Waals surface area (Å²) in [5.74, 6) is 1.43. The van der Waals surface area contributed by atoms with Crippen molar-refractivity contribution in [3.05, 3.63) is 65.7 Å². The molecule has 0 amide bonds. The molecular formula is C17H16N6S. The Morgan fingerprint density at radius 3 is 2.75 bits per heavy atom. The normalized spacial score (nSPS) is 11.2. The van der Waals surface area contributed by atoms with Gasteiger partial charge in [0.1, 0.15) is 0 Å². The summed E-state index contributed by atoms with van der Waals surface area (Å²) in [5.41, 5.74) is 4.23. The molecule has 0 saturated heterocycles. The van der Waals surface area contributed by atoms with Crippen molar-refractivity contribution >= 4 is 17.5 Å². The minimum Gasteiger partial charge on any atom is -0.259 e. The lowest BCUT2D eigenvalue weighted by Crippen LogP contribution is -1.97. The molecule has 7 heteroatoms. The zero-order valence-corrected chi connectivity index (χ0v) is 14.2. The van der Waals surface area contributed by atoms with E-state index in [9.17, 15) is 0 Å². The van der Waals surface area contributed by atoms with Crippen LogP contribution in [0.2, 0.25) is 0 Å². The number of aromatic nitrogens is 6. The number of thioether (sulfide) groups is 1. The summed E-state index contributed by atoms with van der Waals surface area (Å²) in [5, 5.41) is 13.7. The van der Waals surface area contributed by atoms with Gasteiger partial charge < -0.3 is 0 Å². The number of nitrogens with zero attached hydrogens (tertiary/aromatic N) is 6. The van der Waals surface area contributed by atoms with Gasteiger partial charge in [0, 0.05) is 28.9 Å². The van der Waals surface area contributed by atoms with Crippen LogP contribution in [0.25, 0.3) is 11.5 Å². The molecule has 4 rings (SSSR count). The Labute approximate surface area is 143 Å². The van der Waals surface area contributed by atoms with Gasteiger partial charge in [0.05, 0.1) is 11.9 Å². The number of aryl methyl sites for hydroxylation is 2. The molecule has 3 heterocycles. The number of para-hydroxylation sites is 1. The Kier molecular flexibility index (Phi) is 3.78. The van der Waals surface area contributed by atoms with Gasteiger partial charge in [0.25, 0.3) is 5.78 Å². The van der Waals surface area contributed by atoms with Gasteiger partial charge in [0.15, 0.2) is 5.16 Å². The molecule has 1 aromatic carbocycles. The molecule has 0 unspecified atom stereocenters. The highest BCUT2D eigenvalue weighted by atomic mass is 32.2. The molecule has 0 N–H and O–H groups in total. The third-order valence-corrected chi connectivity index (χ3v) is 4.69. The molecule has 0 saturated carbocycles. The summed E-state index contributed by atoms with van der Waals surface area (Å²) in [6.45, 7) is 4.01. The molecule has 3 aromatic heterocycles. The molecule has 0 aliphatic heterocycles. The first kappa shape index (κ1) is 14.9. The number of benzene rings is 1. The monoisotopic (exact) mass is 336 g/mol. The summed E-state index contributed by atoms with van der Waals surface area (Å²) in [6.07, 6.45) is 3.93. The predicted molar refractivity (Wildman–Crippen MR) is 93.4 cm³/mol. The molecule has 0 fully saturated rings. The van der Waals surface area contributed by atoms with Gasteiger partial charge in [-0.05, 0) is 32.0 Å². The van der Waals surface area contributed by atoms with E-state index in [0.717, 1.165) is 33.5 Å². The van der Waals surface area contributed by atoms with Crippen LogP contribution in [0.4, 0.5) is 0 Å². The Bertz CT molecular complexity index is 989. The maximum absolute atomic E-state index is 4.43. The van der Waals surface area contributed by atoms with Gasteiger partial charge in [0.2, 0.25) is 0 Å². The summed E-state index contributed by atoms with van der Waals surface area (Å²) in [6, 6.07) is 12.1. The molecule has 0 aliphatic rings. The van der Waals surface area contributed by atoms with Crippen molar-refractivity contribution in [1.29, 1.82) is 0 Å². The van der Waals surface area contributed by atoms with Crippen molar-refractivity contribution in [2.45, 2.75) is 24.8 Å². The number of hydrogen-bond donors (Lipinski definition) is 0. The maximum atomic E-state index is 4.43. The first-order valence-corrected chi connectivity index (χ1v) is 8.60. The fraction of sp³-hybridized carbons (Fsp3) is 0.176. The number of rotatable bonds is 4. The van der Waals surface area contributed by atoms with Gasteiger partial charge in [-0.15, -0.1) is 10.2 Å². The van der Waals surface area contributed by atoms with E-state index >= 15 is 0 Å². The lowest BCUT2D eigenvalue weighted by Gasteiger charge is -2.03. The van der Waals surface area contributed by atoms with Gasteiger partial charge >= 0.3 is 0 Å². The maximum Gasteiger partial charge on any atom is 0.256 e. The van der Waals surface area contributed by atoms with Crippen LogP contribution in [0.5, 0.6) is 0 Å². The molecule has 4 aromatic rings. The van der Waals surface area contributed by atoms with E-state index in [2.05, 4.69) is 20.3 Å².